The minimum atomic E-state index is -0.858. The normalized spacial score (nSPS) is 10.8. The first-order valence-corrected chi connectivity index (χ1v) is 8.64. The molecule has 1 aromatic carbocycles. The molecule has 0 bridgehead atoms. The summed E-state index contributed by atoms with van der Waals surface area (Å²) in [4.78, 5) is 29.5. The lowest BCUT2D eigenvalue weighted by molar-refractivity contribution is -0.138. The molecule has 4 N–H and O–H groups in total. The molecule has 28 heavy (non-hydrogen) atoms. The second-order valence-electron chi connectivity index (χ2n) is 6.26. The van der Waals surface area contributed by atoms with E-state index in [9.17, 15) is 4.79 Å². The van der Waals surface area contributed by atoms with Crippen LogP contribution in [0.3, 0.4) is 0 Å². The third kappa shape index (κ3) is 5.29. The number of rotatable bonds is 8. The van der Waals surface area contributed by atoms with Gasteiger partial charge in [0, 0.05) is 30.5 Å². The molecule has 0 atom stereocenters. The quantitative estimate of drug-likeness (QED) is 0.535. The molecule has 0 aliphatic heterocycles. The largest absolute Gasteiger partial charge is 0.480 e. The number of nitrogens with zero attached hydrogens (tertiary/aromatic N) is 5. The van der Waals surface area contributed by atoms with Crippen LogP contribution in [0.1, 0.15) is 11.3 Å². The lowest BCUT2D eigenvalue weighted by Gasteiger charge is -2.14. The molecular formula is C19H21N7O2. The maximum atomic E-state index is 10.8. The minimum absolute atomic E-state index is 0.0226. The Morgan fingerprint density at radius 1 is 1.21 bits per heavy atom. The van der Waals surface area contributed by atoms with E-state index in [0.29, 0.717) is 24.9 Å². The van der Waals surface area contributed by atoms with Crippen molar-refractivity contribution in [2.75, 3.05) is 18.9 Å². The van der Waals surface area contributed by atoms with Gasteiger partial charge in [-0.05, 0) is 36.9 Å². The standard InChI is InChI=1S/C19H21N7O2/c1-26(11-17(27)28)10-13-3-2-4-15(7-13)24-19-23-12-22-18(25-19)14-5-6-21-16(8-14)9-20/h2-8,12H,9-11,20H2,1H3,(H,27,28)(H,22,23,24,25). The number of hydrogen-bond acceptors (Lipinski definition) is 8. The average molecular weight is 379 g/mol. The van der Waals surface area contributed by atoms with Crippen LogP contribution in [-0.2, 0) is 17.9 Å². The van der Waals surface area contributed by atoms with Crippen LogP contribution in [0.5, 0.6) is 0 Å². The number of hydrogen-bond donors (Lipinski definition) is 3. The van der Waals surface area contributed by atoms with Crippen molar-refractivity contribution < 1.29 is 9.90 Å². The zero-order valence-electron chi connectivity index (χ0n) is 15.4. The van der Waals surface area contributed by atoms with Crippen molar-refractivity contribution in [2.24, 2.45) is 5.73 Å². The Labute approximate surface area is 162 Å². The first-order chi connectivity index (χ1) is 13.5. The molecule has 0 spiro atoms. The second-order valence-corrected chi connectivity index (χ2v) is 6.26. The van der Waals surface area contributed by atoms with Gasteiger partial charge in [-0.25, -0.2) is 9.97 Å². The van der Waals surface area contributed by atoms with Crippen molar-refractivity contribution in [2.45, 2.75) is 13.1 Å². The molecule has 0 amide bonds. The molecule has 0 saturated carbocycles. The Morgan fingerprint density at radius 2 is 2.07 bits per heavy atom. The maximum absolute atomic E-state index is 10.8. The Bertz CT molecular complexity index is 964. The van der Waals surface area contributed by atoms with E-state index in [1.54, 1.807) is 18.1 Å². The van der Waals surface area contributed by atoms with Crippen LogP contribution in [-0.4, -0.2) is 49.5 Å². The first kappa shape index (κ1) is 19.3. The van der Waals surface area contributed by atoms with Gasteiger partial charge >= 0.3 is 5.97 Å². The summed E-state index contributed by atoms with van der Waals surface area (Å²) in [5, 5.41) is 12.0. The summed E-state index contributed by atoms with van der Waals surface area (Å²) in [6, 6.07) is 11.3. The van der Waals surface area contributed by atoms with Gasteiger partial charge in [-0.15, -0.1) is 0 Å². The number of aliphatic carboxylic acids is 1. The number of carboxylic acid groups (broad SMARTS) is 1. The molecule has 9 heteroatoms. The fraction of sp³-hybridized carbons (Fsp3) is 0.211. The Hall–Kier alpha value is -3.43. The summed E-state index contributed by atoms with van der Waals surface area (Å²) < 4.78 is 0. The first-order valence-electron chi connectivity index (χ1n) is 8.64. The number of carboxylic acids is 1. The molecule has 0 fully saturated rings. The summed E-state index contributed by atoms with van der Waals surface area (Å²) in [7, 11) is 1.76. The number of pyridine rings is 1. The highest BCUT2D eigenvalue weighted by Crippen LogP contribution is 2.19. The molecule has 144 valence electrons. The van der Waals surface area contributed by atoms with Crippen LogP contribution in [0.15, 0.2) is 48.9 Å². The van der Waals surface area contributed by atoms with Crippen LogP contribution in [0.2, 0.25) is 0 Å². The van der Waals surface area contributed by atoms with Gasteiger partial charge in [0.1, 0.15) is 6.33 Å². The number of nitrogens with one attached hydrogen (secondary N) is 1. The van der Waals surface area contributed by atoms with Crippen LogP contribution >= 0.6 is 0 Å². The van der Waals surface area contributed by atoms with Gasteiger partial charge in [-0.3, -0.25) is 14.7 Å². The average Bonchev–Trinajstić information content (AvgIpc) is 2.68. The van der Waals surface area contributed by atoms with Crippen molar-refractivity contribution in [1.82, 2.24) is 24.8 Å². The highest BCUT2D eigenvalue weighted by molar-refractivity contribution is 5.69. The van der Waals surface area contributed by atoms with Crippen molar-refractivity contribution in [3.8, 4) is 11.4 Å². The third-order valence-corrected chi connectivity index (χ3v) is 3.90. The van der Waals surface area contributed by atoms with E-state index in [2.05, 4.69) is 25.3 Å². The number of benzene rings is 1. The summed E-state index contributed by atoms with van der Waals surface area (Å²) in [6.45, 7) is 0.835. The van der Waals surface area contributed by atoms with Gasteiger partial charge in [-0.1, -0.05) is 12.1 Å². The molecule has 0 aliphatic carbocycles. The maximum Gasteiger partial charge on any atom is 0.317 e. The number of likely N-dealkylation sites (N-methyl/N-ethyl adjacent to an activating group) is 1. The van der Waals surface area contributed by atoms with Crippen LogP contribution in [0.4, 0.5) is 11.6 Å². The van der Waals surface area contributed by atoms with Crippen LogP contribution in [0, 0.1) is 0 Å². The van der Waals surface area contributed by atoms with Gasteiger partial charge < -0.3 is 16.2 Å². The van der Waals surface area contributed by atoms with E-state index in [1.165, 1.54) is 6.33 Å². The van der Waals surface area contributed by atoms with E-state index in [0.717, 1.165) is 22.5 Å². The molecule has 3 aromatic rings. The number of carbonyl (C=O) groups is 1. The number of anilines is 2. The lowest BCUT2D eigenvalue weighted by atomic mass is 10.2. The predicted molar refractivity (Wildman–Crippen MR) is 105 cm³/mol. The van der Waals surface area contributed by atoms with Gasteiger partial charge in [0.25, 0.3) is 0 Å². The molecule has 2 heterocycles. The SMILES string of the molecule is CN(CC(=O)O)Cc1cccc(Nc2ncnc(-c3ccnc(CN)c3)n2)c1. The van der Waals surface area contributed by atoms with E-state index in [-0.39, 0.29) is 6.54 Å². The smallest absolute Gasteiger partial charge is 0.317 e. The summed E-state index contributed by atoms with van der Waals surface area (Å²) in [5.74, 6) is 0.0718. The molecule has 2 aromatic heterocycles. The van der Waals surface area contributed by atoms with Crippen molar-refractivity contribution in [1.29, 1.82) is 0 Å². The highest BCUT2D eigenvalue weighted by Gasteiger charge is 2.08. The summed E-state index contributed by atoms with van der Waals surface area (Å²) in [5.41, 5.74) is 8.98. The molecule has 0 saturated heterocycles. The number of nitrogens with two attached hydrogens (primary N) is 1. The lowest BCUT2D eigenvalue weighted by Crippen LogP contribution is -2.25. The second kappa shape index (κ2) is 8.98. The van der Waals surface area contributed by atoms with E-state index in [4.69, 9.17) is 10.8 Å². The molecule has 9 nitrogen and oxygen atoms in total. The third-order valence-electron chi connectivity index (χ3n) is 3.90. The molecule has 0 unspecified atom stereocenters. The number of aromatic nitrogens is 4. The predicted octanol–water partition coefficient (Wildman–Crippen LogP) is 1.65. The molecule has 0 radical (unpaired) electrons. The molecule has 3 rings (SSSR count). The molecule has 0 aliphatic rings. The highest BCUT2D eigenvalue weighted by atomic mass is 16.4. The fourth-order valence-electron chi connectivity index (χ4n) is 2.70. The Morgan fingerprint density at radius 3 is 2.86 bits per heavy atom. The van der Waals surface area contributed by atoms with Crippen molar-refractivity contribution in [3.63, 3.8) is 0 Å². The fourth-order valence-corrected chi connectivity index (χ4v) is 2.70. The van der Waals surface area contributed by atoms with Crippen LogP contribution < -0.4 is 11.1 Å². The molecular weight excluding hydrogens is 358 g/mol. The summed E-state index contributed by atoms with van der Waals surface area (Å²) >= 11 is 0. The van der Waals surface area contributed by atoms with E-state index < -0.39 is 5.97 Å². The van der Waals surface area contributed by atoms with E-state index in [1.807, 2.05) is 36.4 Å². The van der Waals surface area contributed by atoms with Crippen molar-refractivity contribution in [3.05, 3.63) is 60.2 Å². The van der Waals surface area contributed by atoms with Gasteiger partial charge in [0.05, 0.1) is 12.2 Å². The monoisotopic (exact) mass is 379 g/mol. The van der Waals surface area contributed by atoms with Gasteiger partial charge in [0.15, 0.2) is 5.82 Å². The van der Waals surface area contributed by atoms with Crippen LogP contribution in [0.25, 0.3) is 11.4 Å². The minimum Gasteiger partial charge on any atom is -0.480 e. The van der Waals surface area contributed by atoms with Crippen molar-refractivity contribution >= 4 is 17.6 Å². The van der Waals surface area contributed by atoms with Gasteiger partial charge in [0.2, 0.25) is 5.95 Å². The Kier molecular flexibility index (Phi) is 6.20. The van der Waals surface area contributed by atoms with E-state index >= 15 is 0 Å². The zero-order valence-corrected chi connectivity index (χ0v) is 15.4. The topological polar surface area (TPSA) is 130 Å². The Balaban J connectivity index is 1.75. The zero-order chi connectivity index (χ0) is 19.9. The summed E-state index contributed by atoms with van der Waals surface area (Å²) in [6.07, 6.45) is 3.11. The van der Waals surface area contributed by atoms with Gasteiger partial charge in [-0.2, -0.15) is 4.98 Å².